The Labute approximate surface area is 118 Å². The molecule has 0 aliphatic heterocycles. The summed E-state index contributed by atoms with van der Waals surface area (Å²) in [6, 6.07) is 10.0. The van der Waals surface area contributed by atoms with Gasteiger partial charge in [-0.25, -0.2) is 9.97 Å². The molecule has 0 radical (unpaired) electrons. The summed E-state index contributed by atoms with van der Waals surface area (Å²) in [4.78, 5) is 8.72. The molecule has 0 spiro atoms. The van der Waals surface area contributed by atoms with Crippen molar-refractivity contribution in [2.45, 2.75) is 6.54 Å². The zero-order valence-corrected chi connectivity index (χ0v) is 11.9. The first-order valence-corrected chi connectivity index (χ1v) is 6.65. The summed E-state index contributed by atoms with van der Waals surface area (Å²) in [7, 11) is 1.87. The van der Waals surface area contributed by atoms with Crippen LogP contribution >= 0.6 is 15.9 Å². The molecule has 0 amide bonds. The summed E-state index contributed by atoms with van der Waals surface area (Å²) in [5, 5.41) is 8.39. The van der Waals surface area contributed by atoms with E-state index < -0.39 is 0 Å². The van der Waals surface area contributed by atoms with Gasteiger partial charge in [0.25, 0.3) is 0 Å². The van der Waals surface area contributed by atoms with Gasteiger partial charge in [0, 0.05) is 16.9 Å². The summed E-state index contributed by atoms with van der Waals surface area (Å²) in [5.74, 6) is 1.70. The minimum atomic E-state index is 0.603. The van der Waals surface area contributed by atoms with Crippen LogP contribution in [-0.4, -0.2) is 19.7 Å². The lowest BCUT2D eigenvalue weighted by Crippen LogP contribution is -2.07. The summed E-state index contributed by atoms with van der Waals surface area (Å²) >= 11 is 3.45. The lowest BCUT2D eigenvalue weighted by Gasteiger charge is -2.06. The molecule has 0 bridgehead atoms. The Morgan fingerprint density at radius 2 is 2.16 bits per heavy atom. The van der Waals surface area contributed by atoms with Crippen molar-refractivity contribution in [1.82, 2.24) is 19.7 Å². The standard InChI is InChI=1S/C13H12BrN5/c1-19-13(16-8-17-19)7-15-12-5-2-9-6-10(14)3-4-11(9)18-12/h2-6,8H,7H2,1H3,(H,15,18). The van der Waals surface area contributed by atoms with E-state index in [4.69, 9.17) is 0 Å². The molecule has 5 nitrogen and oxygen atoms in total. The van der Waals surface area contributed by atoms with Gasteiger partial charge < -0.3 is 5.32 Å². The van der Waals surface area contributed by atoms with Crippen LogP contribution in [0.1, 0.15) is 5.82 Å². The molecule has 0 fully saturated rings. The fourth-order valence-corrected chi connectivity index (χ4v) is 2.22. The molecule has 0 saturated carbocycles. The molecule has 2 aromatic heterocycles. The third-order valence-corrected chi connectivity index (χ3v) is 3.38. The second-order valence-electron chi connectivity index (χ2n) is 4.19. The van der Waals surface area contributed by atoms with Gasteiger partial charge in [0.1, 0.15) is 18.0 Å². The largest absolute Gasteiger partial charge is 0.363 e. The maximum atomic E-state index is 4.56. The second kappa shape index (κ2) is 4.97. The number of hydrogen-bond donors (Lipinski definition) is 1. The van der Waals surface area contributed by atoms with Crippen LogP contribution in [0.4, 0.5) is 5.82 Å². The van der Waals surface area contributed by atoms with E-state index in [-0.39, 0.29) is 0 Å². The van der Waals surface area contributed by atoms with Gasteiger partial charge in [0.15, 0.2) is 0 Å². The van der Waals surface area contributed by atoms with Gasteiger partial charge in [-0.2, -0.15) is 5.10 Å². The third kappa shape index (κ3) is 2.58. The quantitative estimate of drug-likeness (QED) is 0.807. The van der Waals surface area contributed by atoms with Crippen molar-refractivity contribution in [2.75, 3.05) is 5.32 Å². The Balaban J connectivity index is 1.82. The van der Waals surface area contributed by atoms with Gasteiger partial charge in [-0.1, -0.05) is 15.9 Å². The summed E-state index contributed by atoms with van der Waals surface area (Å²) in [5.41, 5.74) is 0.964. The number of aromatic nitrogens is 4. The van der Waals surface area contributed by atoms with Crippen LogP contribution in [0, 0.1) is 0 Å². The predicted octanol–water partition coefficient (Wildman–Crippen LogP) is 2.74. The molecule has 19 heavy (non-hydrogen) atoms. The summed E-state index contributed by atoms with van der Waals surface area (Å²) < 4.78 is 2.80. The molecule has 2 heterocycles. The van der Waals surface area contributed by atoms with Crippen LogP contribution in [0.3, 0.4) is 0 Å². The van der Waals surface area contributed by atoms with Gasteiger partial charge in [0.05, 0.1) is 12.1 Å². The molecular weight excluding hydrogens is 306 g/mol. The Morgan fingerprint density at radius 1 is 1.26 bits per heavy atom. The minimum Gasteiger partial charge on any atom is -0.363 e. The van der Waals surface area contributed by atoms with Gasteiger partial charge >= 0.3 is 0 Å². The van der Waals surface area contributed by atoms with E-state index in [9.17, 15) is 0 Å². The van der Waals surface area contributed by atoms with Gasteiger partial charge in [-0.3, -0.25) is 4.68 Å². The lowest BCUT2D eigenvalue weighted by molar-refractivity contribution is 0.711. The van der Waals surface area contributed by atoms with E-state index in [1.54, 1.807) is 11.0 Å². The number of nitrogens with one attached hydrogen (secondary N) is 1. The Hall–Kier alpha value is -1.95. The number of pyridine rings is 1. The van der Waals surface area contributed by atoms with Crippen molar-refractivity contribution in [3.63, 3.8) is 0 Å². The number of fused-ring (bicyclic) bond motifs is 1. The number of anilines is 1. The smallest absolute Gasteiger partial charge is 0.145 e. The van der Waals surface area contributed by atoms with Crippen LogP contribution in [0.15, 0.2) is 41.1 Å². The number of aryl methyl sites for hydroxylation is 1. The van der Waals surface area contributed by atoms with E-state index in [1.165, 1.54) is 0 Å². The molecule has 6 heteroatoms. The molecule has 3 aromatic rings. The van der Waals surface area contributed by atoms with E-state index in [0.717, 1.165) is 27.0 Å². The molecule has 3 rings (SSSR count). The first-order chi connectivity index (χ1) is 9.22. The van der Waals surface area contributed by atoms with E-state index in [1.807, 2.05) is 31.3 Å². The molecule has 1 N–H and O–H groups in total. The van der Waals surface area contributed by atoms with Crippen LogP contribution in [-0.2, 0) is 13.6 Å². The summed E-state index contributed by atoms with van der Waals surface area (Å²) in [6.45, 7) is 0.603. The van der Waals surface area contributed by atoms with Crippen LogP contribution in [0.2, 0.25) is 0 Å². The highest BCUT2D eigenvalue weighted by Gasteiger charge is 2.02. The molecule has 96 valence electrons. The first-order valence-electron chi connectivity index (χ1n) is 5.85. The highest BCUT2D eigenvalue weighted by atomic mass is 79.9. The molecule has 1 aromatic carbocycles. The molecule has 0 unspecified atom stereocenters. The van der Waals surface area contributed by atoms with Crippen molar-refractivity contribution in [3.05, 3.63) is 47.0 Å². The Kier molecular flexibility index (Phi) is 3.16. The number of benzene rings is 1. The Morgan fingerprint density at radius 3 is 2.95 bits per heavy atom. The van der Waals surface area contributed by atoms with E-state index in [0.29, 0.717) is 6.54 Å². The highest BCUT2D eigenvalue weighted by Crippen LogP contribution is 2.20. The fraction of sp³-hybridized carbons (Fsp3) is 0.154. The summed E-state index contributed by atoms with van der Waals surface area (Å²) in [6.07, 6.45) is 1.54. The maximum Gasteiger partial charge on any atom is 0.145 e. The first kappa shape index (κ1) is 12.1. The average Bonchev–Trinajstić information content (AvgIpc) is 2.82. The van der Waals surface area contributed by atoms with Crippen molar-refractivity contribution < 1.29 is 0 Å². The van der Waals surface area contributed by atoms with Crippen LogP contribution < -0.4 is 5.32 Å². The molecule has 0 saturated heterocycles. The van der Waals surface area contributed by atoms with Crippen molar-refractivity contribution in [2.24, 2.45) is 7.05 Å². The van der Waals surface area contributed by atoms with Gasteiger partial charge in [-0.15, -0.1) is 0 Å². The van der Waals surface area contributed by atoms with Crippen molar-refractivity contribution >= 4 is 32.7 Å². The third-order valence-electron chi connectivity index (χ3n) is 2.88. The normalized spacial score (nSPS) is 10.8. The highest BCUT2D eigenvalue weighted by molar-refractivity contribution is 9.10. The molecule has 0 aliphatic rings. The van der Waals surface area contributed by atoms with E-state index >= 15 is 0 Å². The zero-order chi connectivity index (χ0) is 13.2. The zero-order valence-electron chi connectivity index (χ0n) is 10.3. The SMILES string of the molecule is Cn1ncnc1CNc1ccc2cc(Br)ccc2n1. The van der Waals surface area contributed by atoms with Crippen LogP contribution in [0.25, 0.3) is 10.9 Å². The molecular formula is C13H12BrN5. The number of halogens is 1. The monoisotopic (exact) mass is 317 g/mol. The minimum absolute atomic E-state index is 0.603. The number of rotatable bonds is 3. The van der Waals surface area contributed by atoms with Gasteiger partial charge in [-0.05, 0) is 30.3 Å². The maximum absolute atomic E-state index is 4.56. The van der Waals surface area contributed by atoms with Gasteiger partial charge in [0.2, 0.25) is 0 Å². The number of hydrogen-bond acceptors (Lipinski definition) is 4. The van der Waals surface area contributed by atoms with E-state index in [2.05, 4.69) is 42.4 Å². The van der Waals surface area contributed by atoms with Crippen LogP contribution in [0.5, 0.6) is 0 Å². The molecule has 0 atom stereocenters. The molecule has 0 aliphatic carbocycles. The Bertz CT molecular complexity index is 722. The predicted molar refractivity (Wildman–Crippen MR) is 77.8 cm³/mol. The topological polar surface area (TPSA) is 55.6 Å². The second-order valence-corrected chi connectivity index (χ2v) is 5.10. The average molecular weight is 318 g/mol. The van der Waals surface area contributed by atoms with Crippen molar-refractivity contribution in [1.29, 1.82) is 0 Å². The number of nitrogens with zero attached hydrogens (tertiary/aromatic N) is 4. The van der Waals surface area contributed by atoms with Crippen molar-refractivity contribution in [3.8, 4) is 0 Å². The lowest BCUT2D eigenvalue weighted by atomic mass is 10.2. The fourth-order valence-electron chi connectivity index (χ4n) is 1.84.